The van der Waals surface area contributed by atoms with Crippen LogP contribution in [0.5, 0.6) is 0 Å². The second-order valence-electron chi connectivity index (χ2n) is 11.9. The van der Waals surface area contributed by atoms with Gasteiger partial charge in [0.05, 0.1) is 0 Å². The lowest BCUT2D eigenvalue weighted by molar-refractivity contribution is -0.131. The lowest BCUT2D eigenvalue weighted by atomic mass is 10.2. The molecular weight excluding hydrogens is 622 g/mol. The summed E-state index contributed by atoms with van der Waals surface area (Å²) in [4.78, 5) is 63.2. The number of anilines is 5. The molecule has 0 saturated heterocycles. The molecule has 0 fully saturated rings. The zero-order chi connectivity index (χ0) is 36.1. The molecule has 0 aliphatic heterocycles. The summed E-state index contributed by atoms with van der Waals surface area (Å²) in [5.41, 5.74) is 7.36. The van der Waals surface area contributed by atoms with E-state index in [1.54, 1.807) is 61.7 Å². The molecule has 3 aromatic rings. The van der Waals surface area contributed by atoms with Crippen molar-refractivity contribution in [2.24, 2.45) is 5.73 Å². The molecule has 0 radical (unpaired) electrons. The maximum absolute atomic E-state index is 13.4. The highest BCUT2D eigenvalue weighted by Crippen LogP contribution is 2.22. The molecule has 49 heavy (non-hydrogen) atoms. The van der Waals surface area contributed by atoms with E-state index >= 15 is 0 Å². The Morgan fingerprint density at radius 1 is 0.959 bits per heavy atom. The standard InChI is InChI=1S/C36H47N9O4/c1-8-19-38-33-29(22-39-36(43-33)42-26-17-15-25(16-18-26)32(37)47)34(48)40-27-12-10-13-28(21-27)41-35(49)30(9-2)44(7)31(46)14-11-20-45(23(3)4)24(5)6/h9-18,21-24,30H,2,8,19-20H2,1,3-7H3,(H2,37,47)(H,40,48)(H,41,49)(H2,38,39,42,43)/b14-11+/t30-/m0/s1. The first-order valence-electron chi connectivity index (χ1n) is 16.2. The third-order valence-electron chi connectivity index (χ3n) is 7.55. The zero-order valence-corrected chi connectivity index (χ0v) is 29.0. The molecule has 0 unspecified atom stereocenters. The van der Waals surface area contributed by atoms with E-state index in [0.29, 0.717) is 53.6 Å². The van der Waals surface area contributed by atoms with E-state index in [9.17, 15) is 19.2 Å². The van der Waals surface area contributed by atoms with Crippen molar-refractivity contribution in [1.29, 1.82) is 0 Å². The van der Waals surface area contributed by atoms with Crippen molar-refractivity contribution in [2.75, 3.05) is 41.4 Å². The first-order chi connectivity index (χ1) is 23.3. The van der Waals surface area contributed by atoms with Gasteiger partial charge in [0.2, 0.25) is 17.8 Å². The molecule has 0 aliphatic carbocycles. The summed E-state index contributed by atoms with van der Waals surface area (Å²) in [6.07, 6.45) is 6.87. The van der Waals surface area contributed by atoms with E-state index < -0.39 is 23.8 Å². The molecule has 260 valence electrons. The van der Waals surface area contributed by atoms with Gasteiger partial charge in [-0.15, -0.1) is 6.58 Å². The van der Waals surface area contributed by atoms with Crippen molar-refractivity contribution in [3.05, 3.63) is 90.7 Å². The van der Waals surface area contributed by atoms with Gasteiger partial charge in [-0.05, 0) is 76.6 Å². The number of carbonyl (C=O) groups excluding carboxylic acids is 4. The van der Waals surface area contributed by atoms with E-state index in [1.807, 2.05) is 6.92 Å². The molecule has 0 saturated carbocycles. The Balaban J connectivity index is 1.69. The Kier molecular flexibility index (Phi) is 14.0. The van der Waals surface area contributed by atoms with Crippen LogP contribution < -0.4 is 27.0 Å². The quantitative estimate of drug-likeness (QED) is 0.0977. The number of hydrogen-bond acceptors (Lipinski definition) is 9. The van der Waals surface area contributed by atoms with Gasteiger partial charge in [-0.2, -0.15) is 4.98 Å². The van der Waals surface area contributed by atoms with Gasteiger partial charge < -0.3 is 31.9 Å². The number of benzene rings is 2. The maximum Gasteiger partial charge on any atom is 0.260 e. The number of aromatic nitrogens is 2. The van der Waals surface area contributed by atoms with Gasteiger partial charge >= 0.3 is 0 Å². The molecule has 6 N–H and O–H groups in total. The Bertz CT molecular complexity index is 1650. The van der Waals surface area contributed by atoms with Crippen LogP contribution in [0.4, 0.5) is 28.8 Å². The van der Waals surface area contributed by atoms with Crippen LogP contribution in [0.2, 0.25) is 0 Å². The predicted octanol–water partition coefficient (Wildman–Crippen LogP) is 5.02. The largest absolute Gasteiger partial charge is 0.369 e. The van der Waals surface area contributed by atoms with E-state index in [1.165, 1.54) is 23.2 Å². The third-order valence-corrected chi connectivity index (χ3v) is 7.55. The summed E-state index contributed by atoms with van der Waals surface area (Å²) in [5, 5.41) is 11.9. The van der Waals surface area contributed by atoms with Crippen LogP contribution in [0.1, 0.15) is 61.8 Å². The molecule has 13 nitrogen and oxygen atoms in total. The predicted molar refractivity (Wildman–Crippen MR) is 195 cm³/mol. The SMILES string of the molecule is C=C[C@@H](C(=O)Nc1cccc(NC(=O)c2cnc(Nc3ccc(C(N)=O)cc3)nc2NCCC)c1)N(C)C(=O)/C=C/CN(C(C)C)C(C)C. The highest BCUT2D eigenvalue weighted by Gasteiger charge is 2.23. The Labute approximate surface area is 288 Å². The third kappa shape index (κ3) is 11.0. The lowest BCUT2D eigenvalue weighted by Gasteiger charge is -2.29. The van der Waals surface area contributed by atoms with Crippen molar-refractivity contribution < 1.29 is 19.2 Å². The highest BCUT2D eigenvalue weighted by atomic mass is 16.2. The van der Waals surface area contributed by atoms with Crippen LogP contribution in [0, 0.1) is 0 Å². The lowest BCUT2D eigenvalue weighted by Crippen LogP contribution is -2.43. The molecule has 4 amide bonds. The minimum absolute atomic E-state index is 0.210. The van der Waals surface area contributed by atoms with Gasteiger partial charge in [0.15, 0.2) is 0 Å². The minimum atomic E-state index is -0.931. The summed E-state index contributed by atoms with van der Waals surface area (Å²) < 4.78 is 0. The fourth-order valence-electron chi connectivity index (χ4n) is 4.91. The van der Waals surface area contributed by atoms with Gasteiger partial charge in [-0.25, -0.2) is 4.98 Å². The number of amides is 4. The Morgan fingerprint density at radius 2 is 1.61 bits per heavy atom. The van der Waals surface area contributed by atoms with Crippen molar-refractivity contribution >= 4 is 52.5 Å². The number of nitrogens with one attached hydrogen (secondary N) is 4. The van der Waals surface area contributed by atoms with Crippen molar-refractivity contribution in [2.45, 2.75) is 59.2 Å². The topological polar surface area (TPSA) is 175 Å². The second kappa shape index (κ2) is 18.1. The Hall–Kier alpha value is -5.56. The first kappa shape index (κ1) is 37.9. The van der Waals surface area contributed by atoms with Crippen LogP contribution in [-0.4, -0.2) is 81.7 Å². The van der Waals surface area contributed by atoms with Crippen molar-refractivity contribution in [3.8, 4) is 0 Å². The van der Waals surface area contributed by atoms with Gasteiger partial charge in [0, 0.05) is 67.1 Å². The summed E-state index contributed by atoms with van der Waals surface area (Å²) >= 11 is 0. The van der Waals surface area contributed by atoms with Gasteiger partial charge in [0.1, 0.15) is 17.4 Å². The molecule has 1 aromatic heterocycles. The summed E-state index contributed by atoms with van der Waals surface area (Å²) in [7, 11) is 1.55. The van der Waals surface area contributed by atoms with E-state index in [0.717, 1.165) is 6.42 Å². The van der Waals surface area contributed by atoms with E-state index in [4.69, 9.17) is 5.73 Å². The molecule has 13 heteroatoms. The van der Waals surface area contributed by atoms with Gasteiger partial charge in [-0.1, -0.05) is 25.1 Å². The van der Waals surface area contributed by atoms with Crippen LogP contribution >= 0.6 is 0 Å². The first-order valence-corrected chi connectivity index (χ1v) is 16.2. The minimum Gasteiger partial charge on any atom is -0.369 e. The number of primary amides is 1. The average molecular weight is 670 g/mol. The highest BCUT2D eigenvalue weighted by molar-refractivity contribution is 6.08. The number of rotatable bonds is 17. The monoisotopic (exact) mass is 669 g/mol. The van der Waals surface area contributed by atoms with Gasteiger partial charge in [0.25, 0.3) is 11.8 Å². The van der Waals surface area contributed by atoms with E-state index in [2.05, 4.69) is 70.4 Å². The van der Waals surface area contributed by atoms with Gasteiger partial charge in [-0.3, -0.25) is 24.1 Å². The second-order valence-corrected chi connectivity index (χ2v) is 11.9. The number of nitrogens with two attached hydrogens (primary N) is 1. The molecule has 0 bridgehead atoms. The summed E-state index contributed by atoms with van der Waals surface area (Å²) in [6.45, 7) is 15.3. The zero-order valence-electron chi connectivity index (χ0n) is 29.0. The summed E-state index contributed by atoms with van der Waals surface area (Å²) in [5.74, 6) is -1.21. The Morgan fingerprint density at radius 3 is 2.20 bits per heavy atom. The molecular formula is C36H47N9O4. The normalized spacial score (nSPS) is 11.8. The fourth-order valence-corrected chi connectivity index (χ4v) is 4.91. The summed E-state index contributed by atoms with van der Waals surface area (Å²) in [6, 6.07) is 12.9. The van der Waals surface area contributed by atoms with Crippen LogP contribution in [-0.2, 0) is 9.59 Å². The number of likely N-dealkylation sites (N-methyl/N-ethyl adjacent to an activating group) is 1. The van der Waals surface area contributed by atoms with Crippen LogP contribution in [0.25, 0.3) is 0 Å². The van der Waals surface area contributed by atoms with Crippen molar-refractivity contribution in [3.63, 3.8) is 0 Å². The molecule has 1 atom stereocenters. The smallest absolute Gasteiger partial charge is 0.260 e. The average Bonchev–Trinajstić information content (AvgIpc) is 3.06. The number of hydrogen-bond donors (Lipinski definition) is 5. The molecule has 1 heterocycles. The van der Waals surface area contributed by atoms with E-state index in [-0.39, 0.29) is 17.4 Å². The number of nitrogens with zero attached hydrogens (tertiary/aromatic N) is 4. The molecule has 0 spiro atoms. The molecule has 2 aromatic carbocycles. The molecule has 0 aliphatic rings. The molecule has 3 rings (SSSR count). The number of carbonyl (C=O) groups is 4. The van der Waals surface area contributed by atoms with Crippen LogP contribution in [0.15, 0.2) is 79.5 Å². The van der Waals surface area contributed by atoms with Crippen molar-refractivity contribution in [1.82, 2.24) is 19.8 Å². The van der Waals surface area contributed by atoms with Crippen LogP contribution in [0.3, 0.4) is 0 Å². The maximum atomic E-state index is 13.4. The fraction of sp³-hybridized carbons (Fsp3) is 0.333.